The average molecular weight is 341 g/mol. The van der Waals surface area contributed by atoms with Gasteiger partial charge in [-0.05, 0) is 31.2 Å². The van der Waals surface area contributed by atoms with E-state index >= 15 is 0 Å². The minimum absolute atomic E-state index is 0.139. The number of rotatable bonds is 6. The van der Waals surface area contributed by atoms with Crippen LogP contribution in [0.2, 0.25) is 0 Å². The Labute approximate surface area is 144 Å². The molecule has 0 unspecified atom stereocenters. The number of amides is 2. The third kappa shape index (κ3) is 3.23. The van der Waals surface area contributed by atoms with Crippen molar-refractivity contribution in [1.29, 1.82) is 0 Å². The predicted octanol–water partition coefficient (Wildman–Crippen LogP) is 2.97. The molecule has 0 saturated heterocycles. The van der Waals surface area contributed by atoms with Gasteiger partial charge in [0.25, 0.3) is 0 Å². The Morgan fingerprint density at radius 2 is 1.83 bits per heavy atom. The first-order valence-electron chi connectivity index (χ1n) is 7.77. The number of thioether (sulfide) groups is 1. The molecule has 0 fully saturated rings. The summed E-state index contributed by atoms with van der Waals surface area (Å²) >= 11 is 1.21. The number of carbonyl (C=O) groups excluding carboxylic acids is 2. The van der Waals surface area contributed by atoms with E-state index < -0.39 is 5.91 Å². The molecule has 0 spiro atoms. The van der Waals surface area contributed by atoms with Crippen LogP contribution in [-0.4, -0.2) is 27.9 Å². The van der Waals surface area contributed by atoms with Crippen LogP contribution in [0.5, 0.6) is 0 Å². The van der Waals surface area contributed by atoms with Crippen molar-refractivity contribution in [2.24, 2.45) is 5.73 Å². The number of aryl methyl sites for hydroxylation is 1. The molecule has 0 bridgehead atoms. The molecular formula is C18H19N3O2S. The Kier molecular flexibility index (Phi) is 4.76. The summed E-state index contributed by atoms with van der Waals surface area (Å²) in [7, 11) is 0. The molecule has 5 nitrogen and oxygen atoms in total. The summed E-state index contributed by atoms with van der Waals surface area (Å²) in [4.78, 5) is 22.7. The number of aromatic nitrogens is 1. The molecule has 6 heteroatoms. The number of para-hydroxylation sites is 1. The third-order valence-electron chi connectivity index (χ3n) is 3.85. The van der Waals surface area contributed by atoms with Crippen molar-refractivity contribution in [1.82, 2.24) is 4.57 Å². The van der Waals surface area contributed by atoms with Gasteiger partial charge in [0.15, 0.2) is 0 Å². The number of hydrogen-bond donors (Lipinski definition) is 2. The Balaban J connectivity index is 1.87. The molecule has 3 aromatic rings. The number of nitrogens with two attached hydrogens (primary N) is 1. The number of carbonyl (C=O) groups is 2. The van der Waals surface area contributed by atoms with E-state index in [1.54, 1.807) is 0 Å². The first-order valence-corrected chi connectivity index (χ1v) is 8.92. The van der Waals surface area contributed by atoms with E-state index in [0.717, 1.165) is 23.1 Å². The maximum Gasteiger partial charge on any atom is 0.234 e. The Morgan fingerprint density at radius 3 is 2.58 bits per heavy atom. The van der Waals surface area contributed by atoms with Gasteiger partial charge in [-0.25, -0.2) is 0 Å². The first-order chi connectivity index (χ1) is 11.6. The Bertz CT molecular complexity index is 917. The van der Waals surface area contributed by atoms with Gasteiger partial charge in [-0.1, -0.05) is 18.2 Å². The van der Waals surface area contributed by atoms with Crippen LogP contribution in [-0.2, 0) is 16.1 Å². The summed E-state index contributed by atoms with van der Waals surface area (Å²) < 4.78 is 2.26. The number of nitrogens with zero attached hydrogens (tertiary/aromatic N) is 1. The van der Waals surface area contributed by atoms with Crippen LogP contribution in [0.4, 0.5) is 5.69 Å². The third-order valence-corrected chi connectivity index (χ3v) is 4.80. The molecule has 0 aliphatic carbocycles. The molecule has 1 aromatic heterocycles. The monoisotopic (exact) mass is 341 g/mol. The van der Waals surface area contributed by atoms with Crippen molar-refractivity contribution in [3.8, 4) is 0 Å². The summed E-state index contributed by atoms with van der Waals surface area (Å²) in [5.41, 5.74) is 8.17. The highest BCUT2D eigenvalue weighted by molar-refractivity contribution is 8.00. The molecule has 0 aliphatic heterocycles. The maximum absolute atomic E-state index is 12.0. The van der Waals surface area contributed by atoms with Gasteiger partial charge in [-0.2, -0.15) is 0 Å². The van der Waals surface area contributed by atoms with Crippen molar-refractivity contribution in [2.75, 3.05) is 16.8 Å². The summed E-state index contributed by atoms with van der Waals surface area (Å²) in [6.07, 6.45) is 0. The maximum atomic E-state index is 12.0. The van der Waals surface area contributed by atoms with Crippen LogP contribution in [0.1, 0.15) is 6.92 Å². The fourth-order valence-corrected chi connectivity index (χ4v) is 3.47. The van der Waals surface area contributed by atoms with E-state index in [2.05, 4.69) is 28.9 Å². The van der Waals surface area contributed by atoms with Gasteiger partial charge in [-0.15, -0.1) is 11.8 Å². The smallest absolute Gasteiger partial charge is 0.234 e. The quantitative estimate of drug-likeness (QED) is 0.723. The standard InChI is InChI=1S/C18H19N3O2S/c1-2-21-15-6-4-3-5-13(15)14-9-12(7-8-16(14)21)20-18(23)11-24-10-17(19)22/h3-9H,2,10-11H2,1H3,(H2,19,22)(H,20,23). The highest BCUT2D eigenvalue weighted by atomic mass is 32.2. The number of primary amides is 1. The number of benzene rings is 2. The molecular weight excluding hydrogens is 322 g/mol. The fourth-order valence-electron chi connectivity index (χ4n) is 2.91. The lowest BCUT2D eigenvalue weighted by atomic mass is 10.1. The number of fused-ring (bicyclic) bond motifs is 3. The summed E-state index contributed by atoms with van der Waals surface area (Å²) in [6, 6.07) is 14.2. The van der Waals surface area contributed by atoms with Gasteiger partial charge in [0, 0.05) is 34.0 Å². The topological polar surface area (TPSA) is 77.1 Å². The van der Waals surface area contributed by atoms with E-state index in [0.29, 0.717) is 0 Å². The second-order valence-corrected chi connectivity index (χ2v) is 6.49. The second-order valence-electron chi connectivity index (χ2n) is 5.50. The summed E-state index contributed by atoms with van der Waals surface area (Å²) in [5, 5.41) is 5.17. The van der Waals surface area contributed by atoms with Crippen molar-refractivity contribution in [3.63, 3.8) is 0 Å². The Morgan fingerprint density at radius 1 is 1.08 bits per heavy atom. The zero-order chi connectivity index (χ0) is 17.1. The van der Waals surface area contributed by atoms with Gasteiger partial charge >= 0.3 is 0 Å². The average Bonchev–Trinajstić information content (AvgIpc) is 2.87. The van der Waals surface area contributed by atoms with Gasteiger partial charge in [0.1, 0.15) is 0 Å². The van der Waals surface area contributed by atoms with Crippen molar-refractivity contribution in [2.45, 2.75) is 13.5 Å². The molecule has 0 radical (unpaired) electrons. The number of hydrogen-bond acceptors (Lipinski definition) is 3. The van der Waals surface area contributed by atoms with Crippen molar-refractivity contribution < 1.29 is 9.59 Å². The fraction of sp³-hybridized carbons (Fsp3) is 0.222. The molecule has 2 aromatic carbocycles. The van der Waals surface area contributed by atoms with E-state index in [1.807, 2.05) is 30.3 Å². The zero-order valence-corrected chi connectivity index (χ0v) is 14.2. The van der Waals surface area contributed by atoms with Crippen LogP contribution in [0.3, 0.4) is 0 Å². The van der Waals surface area contributed by atoms with E-state index in [1.165, 1.54) is 22.7 Å². The lowest BCUT2D eigenvalue weighted by molar-refractivity contribution is -0.115. The zero-order valence-electron chi connectivity index (χ0n) is 13.4. The molecule has 1 heterocycles. The van der Waals surface area contributed by atoms with Gasteiger partial charge in [-0.3, -0.25) is 9.59 Å². The summed E-state index contributed by atoms with van der Waals surface area (Å²) in [5.74, 6) is -0.199. The Hall–Kier alpha value is -2.47. The molecule has 0 aliphatic rings. The number of nitrogens with one attached hydrogen (secondary N) is 1. The highest BCUT2D eigenvalue weighted by Gasteiger charge is 2.11. The second kappa shape index (κ2) is 6.97. The van der Waals surface area contributed by atoms with Crippen molar-refractivity contribution in [3.05, 3.63) is 42.5 Å². The SMILES string of the molecule is CCn1c2ccccc2c2cc(NC(=O)CSCC(N)=O)ccc21. The summed E-state index contributed by atoms with van der Waals surface area (Å²) in [6.45, 7) is 3.01. The lowest BCUT2D eigenvalue weighted by Gasteiger charge is -2.06. The largest absolute Gasteiger partial charge is 0.369 e. The van der Waals surface area contributed by atoms with Crippen LogP contribution in [0.25, 0.3) is 21.8 Å². The van der Waals surface area contributed by atoms with Gasteiger partial charge in [0.05, 0.1) is 11.5 Å². The van der Waals surface area contributed by atoms with Crippen LogP contribution < -0.4 is 11.1 Å². The van der Waals surface area contributed by atoms with Crippen LogP contribution in [0.15, 0.2) is 42.5 Å². The molecule has 0 atom stereocenters. The van der Waals surface area contributed by atoms with Crippen LogP contribution >= 0.6 is 11.8 Å². The molecule has 3 rings (SSSR count). The predicted molar refractivity (Wildman–Crippen MR) is 100 cm³/mol. The van der Waals surface area contributed by atoms with E-state index in [9.17, 15) is 9.59 Å². The molecule has 3 N–H and O–H groups in total. The normalized spacial score (nSPS) is 11.0. The highest BCUT2D eigenvalue weighted by Crippen LogP contribution is 2.30. The van der Waals surface area contributed by atoms with Gasteiger partial charge < -0.3 is 15.6 Å². The molecule has 0 saturated carbocycles. The minimum atomic E-state index is -0.415. The van der Waals surface area contributed by atoms with E-state index in [-0.39, 0.29) is 17.4 Å². The molecule has 124 valence electrons. The van der Waals surface area contributed by atoms with Gasteiger partial charge in [0.2, 0.25) is 11.8 Å². The molecule has 2 amide bonds. The van der Waals surface area contributed by atoms with Crippen molar-refractivity contribution >= 4 is 51.1 Å². The first kappa shape index (κ1) is 16.4. The minimum Gasteiger partial charge on any atom is -0.369 e. The molecule has 24 heavy (non-hydrogen) atoms. The number of anilines is 1. The lowest BCUT2D eigenvalue weighted by Crippen LogP contribution is -2.18. The van der Waals surface area contributed by atoms with Crippen LogP contribution in [0, 0.1) is 0 Å². The van der Waals surface area contributed by atoms with E-state index in [4.69, 9.17) is 5.73 Å².